The summed E-state index contributed by atoms with van der Waals surface area (Å²) >= 11 is 0. The van der Waals surface area contributed by atoms with Crippen LogP contribution >= 0.6 is 0 Å². The average Bonchev–Trinajstić information content (AvgIpc) is 1.63. The van der Waals surface area contributed by atoms with Crippen molar-refractivity contribution in [3.05, 3.63) is 466 Å². The van der Waals surface area contributed by atoms with Crippen LogP contribution in [-0.2, 0) is 5.41 Å². The van der Waals surface area contributed by atoms with Gasteiger partial charge in [0.15, 0.2) is 0 Å². The van der Waals surface area contributed by atoms with Gasteiger partial charge < -0.3 is 27.4 Å². The number of benzene rings is 21. The molecule has 0 saturated heterocycles. The van der Waals surface area contributed by atoms with E-state index in [1.165, 1.54) is 9.13 Å². The van der Waals surface area contributed by atoms with Crippen LogP contribution in [0.3, 0.4) is 0 Å². The molecular weight excluding hydrogens is 1660 g/mol. The van der Waals surface area contributed by atoms with Crippen LogP contribution in [0.1, 0.15) is 51.0 Å². The molecule has 2 aliphatic heterocycles. The Hall–Kier alpha value is -17.5. The lowest BCUT2D eigenvalue weighted by Gasteiger charge is -2.38. The van der Waals surface area contributed by atoms with Gasteiger partial charge in [-0.25, -0.2) is 0 Å². The highest BCUT2D eigenvalue weighted by Crippen LogP contribution is 2.51. The molecule has 0 amide bonds. The Morgan fingerprint density at radius 2 is 0.489 bits per heavy atom. The molecule has 7 heteroatoms. The van der Waals surface area contributed by atoms with Crippen molar-refractivity contribution >= 4 is 197 Å². The molecule has 0 aliphatic carbocycles. The molecule has 6 aromatic heterocycles. The number of aromatic nitrogens is 6. The zero-order valence-electron chi connectivity index (χ0n) is 92.2. The topological polar surface area (TPSA) is 29.6 Å². The normalized spacial score (nSPS) is 14.3. The van der Waals surface area contributed by atoms with Gasteiger partial charge in [0.1, 0.15) is 0 Å². The summed E-state index contributed by atoms with van der Waals surface area (Å²) < 4.78 is 218. The van der Waals surface area contributed by atoms with Crippen LogP contribution < -0.4 is 16.4 Å². The first-order chi connectivity index (χ1) is 75.3. The third kappa shape index (κ3) is 11.2. The van der Waals surface area contributed by atoms with Gasteiger partial charge in [0.2, 0.25) is 0 Å². The second-order valence-electron chi connectivity index (χ2n) is 36.9. The Balaban J connectivity index is 0.912. The minimum Gasteiger partial charge on any atom is -0.309 e. The maximum absolute atomic E-state index is 12.4. The molecule has 0 spiro atoms. The number of fused-ring (bicyclic) bond motifs is 30. The lowest BCUT2D eigenvalue weighted by atomic mass is 9.34. The first kappa shape index (κ1) is 61.3. The van der Waals surface area contributed by atoms with Crippen molar-refractivity contribution in [3.8, 4) is 78.6 Å². The quantitative estimate of drug-likeness (QED) is 0.136. The number of nitrogens with zero attached hydrogens (tertiary/aromatic N) is 6. The third-order valence-electron chi connectivity index (χ3n) is 28.4. The lowest BCUT2D eigenvalue weighted by molar-refractivity contribution is 0.589. The number of rotatable bonds is 8. The largest absolute Gasteiger partial charge is 0.309 e. The van der Waals surface area contributed by atoms with Gasteiger partial charge >= 0.3 is 0 Å². The molecule has 638 valence electrons. The average molecular weight is 1760 g/mol. The van der Waals surface area contributed by atoms with E-state index in [9.17, 15) is 24.7 Å². The van der Waals surface area contributed by atoms with E-state index in [1.807, 2.05) is 333 Å². The Morgan fingerprint density at radius 3 is 0.847 bits per heavy atom. The third-order valence-corrected chi connectivity index (χ3v) is 28.4. The van der Waals surface area contributed by atoms with Crippen molar-refractivity contribution in [2.75, 3.05) is 0 Å². The van der Waals surface area contributed by atoms with Crippen molar-refractivity contribution in [2.45, 2.75) is 26.2 Å². The fraction of sp³-hybridized carbons (Fsp3) is 0.0308. The van der Waals surface area contributed by atoms with Crippen molar-refractivity contribution < 1.29 is 24.7 Å². The summed E-state index contributed by atoms with van der Waals surface area (Å²) in [6.45, 7) is 4.18. The van der Waals surface area contributed by atoms with Crippen molar-refractivity contribution in [1.29, 1.82) is 0 Å². The molecule has 6 nitrogen and oxygen atoms in total. The van der Waals surface area contributed by atoms with Crippen LogP contribution in [0.4, 0.5) is 0 Å². The fourth-order valence-corrected chi connectivity index (χ4v) is 22.5. The van der Waals surface area contributed by atoms with E-state index >= 15 is 0 Å². The number of para-hydroxylation sites is 6. The molecule has 0 saturated carbocycles. The molecule has 0 N–H and O–H groups in total. The second kappa shape index (κ2) is 29.5. The predicted molar refractivity (Wildman–Crippen MR) is 583 cm³/mol. The van der Waals surface area contributed by atoms with Gasteiger partial charge in [-0.05, 0) is 213 Å². The SMILES string of the molecule is [2H]c1c2c3c(c([2H])c1C(C)(C)C)-n1c4c(-c5ccccc5)cccc4c4ccccc4c4ccccc4c4c(-n5c6c([2H])c([2H])c(-c7ccccc7)c([2H])c6c6c([2H])c(-n7c8ccccc8c8ccccc87)c([2H])c([2H])c65)c([2H])c([2H])c(c41)B3c1c([2H])c([2H])c(-n3c4c([2H])c([2H])c(-c5ccccc5)c([2H])c4c4c([2H])c(-n5c6ccccc6c6ccccc65)c([2H])c([2H])c43)c3c4ccccc4c4ccccc4c4cccc(-c5ccccc5)c4n-2c13. The highest BCUT2D eigenvalue weighted by Gasteiger charge is 2.43. The number of hydrogen-bond donors (Lipinski definition) is 0. The van der Waals surface area contributed by atoms with Crippen LogP contribution in [0.5, 0.6) is 0 Å². The molecule has 8 heterocycles. The van der Waals surface area contributed by atoms with Crippen molar-refractivity contribution in [1.82, 2.24) is 27.4 Å². The molecule has 29 rings (SSSR count). The molecule has 0 radical (unpaired) electrons. The lowest BCUT2D eigenvalue weighted by Crippen LogP contribution is -2.60. The van der Waals surface area contributed by atoms with E-state index < -0.39 is 84.6 Å². The van der Waals surface area contributed by atoms with Gasteiger partial charge in [-0.3, -0.25) is 0 Å². The minimum absolute atomic E-state index is 0.00207. The van der Waals surface area contributed by atoms with E-state index in [1.54, 1.807) is 57.7 Å². The van der Waals surface area contributed by atoms with Gasteiger partial charge in [-0.15, -0.1) is 0 Å². The summed E-state index contributed by atoms with van der Waals surface area (Å²) in [6, 6.07) is 104. The molecule has 27 aromatic rings. The van der Waals surface area contributed by atoms with E-state index in [4.69, 9.17) is 0 Å². The van der Waals surface area contributed by atoms with Gasteiger partial charge in [-0.1, -0.05) is 373 Å². The Bertz CT molecular complexity index is 10600. The predicted octanol–water partition coefficient (Wildman–Crippen LogP) is 32.2. The highest BCUT2D eigenvalue weighted by molar-refractivity contribution is 7.00. The standard InChI is InChI=1S/C130H85BN6/c1-130(2,3)86-76-121-125-122(77-86)137-127-90(83-40-14-7-15-41-83)55-33-57-104(127)96-47-19-17-43-92(96)94-45-21-23-53-102(94)124-120(135-116-69-63-85(81-36-10-5-11-37-81)75-106(116)108-79-88(65-71-118(108)135)133-113-60-30-26-50-99(113)100-51-27-31-61-114(100)133)73-67-110(129(124)137)131(125)109-66-72-119(123-101-52-22-20-44-93(101)91-42-16-18-46-95(91)103-56-32-54-89(82-38-12-6-13-39-82)126(103)136(121)128(109)123)134-115-68-62-84(80-34-8-4-9-35-80)74-105(115)107-78-87(64-70-117(107)134)132-111-58-28-24-48-97(111)98-49-25-29-59-112(98)132/h4-79H,1-3H3/i62D,63D,64D,65D,66D,67D,68D,69D,70D,71D,72D,73D,74D,75D,76D,77D,78D,79D. The molecule has 0 unspecified atom stereocenters. The van der Waals surface area contributed by atoms with Gasteiger partial charge in [0.05, 0.1) is 102 Å². The monoisotopic (exact) mass is 1760 g/mol. The second-order valence-corrected chi connectivity index (χ2v) is 36.9. The Labute approximate surface area is 815 Å². The van der Waals surface area contributed by atoms with Crippen molar-refractivity contribution in [2.24, 2.45) is 0 Å². The van der Waals surface area contributed by atoms with Gasteiger partial charge in [-0.2, -0.15) is 0 Å². The Morgan fingerprint density at radius 1 is 0.197 bits per heavy atom. The van der Waals surface area contributed by atoms with Crippen LogP contribution in [0.25, 0.3) is 253 Å². The molecule has 0 bridgehead atoms. The summed E-state index contributed by atoms with van der Waals surface area (Å²) in [5.74, 6) is 0. The van der Waals surface area contributed by atoms with Crippen LogP contribution in [-0.4, -0.2) is 34.1 Å². The van der Waals surface area contributed by atoms with Gasteiger partial charge in [0, 0.05) is 98.5 Å². The number of hydrogen-bond acceptors (Lipinski definition) is 0. The zero-order valence-corrected chi connectivity index (χ0v) is 74.2. The van der Waals surface area contributed by atoms with Crippen LogP contribution in [0, 0.1) is 0 Å². The maximum Gasteiger partial charge on any atom is 0.252 e. The first-order valence-electron chi connectivity index (χ1n) is 55.4. The molecule has 0 fully saturated rings. The van der Waals surface area contributed by atoms with E-state index in [0.717, 1.165) is 21.5 Å². The van der Waals surface area contributed by atoms with E-state index in [2.05, 4.69) is 0 Å². The molecule has 0 atom stereocenters. The smallest absolute Gasteiger partial charge is 0.252 e. The van der Waals surface area contributed by atoms with E-state index in [-0.39, 0.29) is 169 Å². The molecule has 2 aliphatic rings. The summed E-state index contributed by atoms with van der Waals surface area (Å²) in [4.78, 5) is 0. The van der Waals surface area contributed by atoms with Gasteiger partial charge in [0.25, 0.3) is 6.71 Å². The maximum atomic E-state index is 12.4. The zero-order chi connectivity index (χ0) is 106. The summed E-state index contributed by atoms with van der Waals surface area (Å²) in [7, 11) is 0. The van der Waals surface area contributed by atoms with Crippen molar-refractivity contribution in [3.63, 3.8) is 0 Å². The minimum atomic E-state index is -1.73. The fourth-order valence-electron chi connectivity index (χ4n) is 22.5. The molecule has 137 heavy (non-hydrogen) atoms. The van der Waals surface area contributed by atoms with Crippen LogP contribution in [0.2, 0.25) is 0 Å². The Kier molecular flexibility index (Phi) is 13.2. The highest BCUT2D eigenvalue weighted by atomic mass is 15.1. The summed E-state index contributed by atoms with van der Waals surface area (Å²) in [5, 5.41) is 8.89. The summed E-state index contributed by atoms with van der Waals surface area (Å²) in [6.07, 6.45) is 0. The van der Waals surface area contributed by atoms with E-state index in [0.29, 0.717) is 120 Å². The summed E-state index contributed by atoms with van der Waals surface area (Å²) in [5.41, 5.74) is 5.11. The molecule has 21 aromatic carbocycles. The van der Waals surface area contributed by atoms with Crippen LogP contribution in [0.15, 0.2) is 461 Å². The first-order valence-corrected chi connectivity index (χ1v) is 46.4. The molecular formula is C130H85BN6.